The van der Waals surface area contributed by atoms with Gasteiger partial charge in [-0.15, -0.1) is 0 Å². The van der Waals surface area contributed by atoms with E-state index in [0.717, 1.165) is 11.8 Å². The predicted molar refractivity (Wildman–Crippen MR) is 83.0 cm³/mol. The number of halogens is 4. The first-order valence-corrected chi connectivity index (χ1v) is 7.01. The zero-order chi connectivity index (χ0) is 16.3. The summed E-state index contributed by atoms with van der Waals surface area (Å²) in [4.78, 5) is 0. The van der Waals surface area contributed by atoms with E-state index in [2.05, 4.69) is 10.6 Å². The molecule has 0 saturated carbocycles. The lowest BCUT2D eigenvalue weighted by Gasteiger charge is -2.13. The molecule has 2 rings (SSSR count). The van der Waals surface area contributed by atoms with Crippen LogP contribution in [0.2, 0.25) is 5.02 Å². The molecule has 0 aliphatic heterocycles. The van der Waals surface area contributed by atoms with Crippen LogP contribution >= 0.6 is 23.8 Å². The lowest BCUT2D eigenvalue weighted by Crippen LogP contribution is -2.27. The first kappa shape index (κ1) is 16.6. The van der Waals surface area contributed by atoms with Crippen molar-refractivity contribution >= 4 is 34.6 Å². The van der Waals surface area contributed by atoms with E-state index in [1.807, 2.05) is 13.0 Å². The third-order valence-corrected chi connectivity index (χ3v) is 3.32. The number of furan rings is 1. The molecule has 2 N–H and O–H groups in total. The normalized spacial score (nSPS) is 11.3. The van der Waals surface area contributed by atoms with E-state index in [0.29, 0.717) is 12.3 Å². The quantitative estimate of drug-likeness (QED) is 0.785. The second-order valence-electron chi connectivity index (χ2n) is 4.51. The van der Waals surface area contributed by atoms with E-state index in [-0.39, 0.29) is 15.8 Å². The van der Waals surface area contributed by atoms with E-state index in [1.54, 1.807) is 6.07 Å². The highest BCUT2D eigenvalue weighted by Crippen LogP contribution is 2.36. The van der Waals surface area contributed by atoms with Gasteiger partial charge in [-0.25, -0.2) is 0 Å². The van der Waals surface area contributed by atoms with E-state index in [9.17, 15) is 13.2 Å². The van der Waals surface area contributed by atoms with Crippen LogP contribution in [-0.4, -0.2) is 5.11 Å². The molecule has 0 bridgehead atoms. The highest BCUT2D eigenvalue weighted by atomic mass is 35.5. The summed E-state index contributed by atoms with van der Waals surface area (Å²) < 4.78 is 43.6. The average molecular weight is 349 g/mol. The molecule has 0 fully saturated rings. The van der Waals surface area contributed by atoms with E-state index in [4.69, 9.17) is 28.2 Å². The third kappa shape index (κ3) is 4.38. The van der Waals surface area contributed by atoms with E-state index < -0.39 is 11.7 Å². The van der Waals surface area contributed by atoms with Crippen molar-refractivity contribution in [1.82, 2.24) is 5.32 Å². The lowest BCUT2D eigenvalue weighted by molar-refractivity contribution is -0.137. The average Bonchev–Trinajstić information content (AvgIpc) is 2.83. The Morgan fingerprint density at radius 3 is 2.59 bits per heavy atom. The highest BCUT2D eigenvalue weighted by molar-refractivity contribution is 7.80. The van der Waals surface area contributed by atoms with Gasteiger partial charge in [-0.1, -0.05) is 11.6 Å². The Kier molecular flexibility index (Phi) is 4.97. The van der Waals surface area contributed by atoms with Gasteiger partial charge in [0, 0.05) is 5.69 Å². The first-order chi connectivity index (χ1) is 10.3. The van der Waals surface area contributed by atoms with Crippen LogP contribution in [-0.2, 0) is 12.7 Å². The van der Waals surface area contributed by atoms with Crippen molar-refractivity contribution in [2.24, 2.45) is 0 Å². The zero-order valence-corrected chi connectivity index (χ0v) is 13.0. The zero-order valence-electron chi connectivity index (χ0n) is 11.4. The van der Waals surface area contributed by atoms with Crippen LogP contribution in [0.1, 0.15) is 17.1 Å². The van der Waals surface area contributed by atoms with Crippen LogP contribution in [0.25, 0.3) is 0 Å². The minimum atomic E-state index is -4.52. The molecule has 0 aliphatic carbocycles. The summed E-state index contributed by atoms with van der Waals surface area (Å²) >= 11 is 10.6. The van der Waals surface area contributed by atoms with Gasteiger partial charge < -0.3 is 15.1 Å². The van der Waals surface area contributed by atoms with Gasteiger partial charge in [-0.05, 0) is 49.5 Å². The molecule has 118 valence electrons. The maximum Gasteiger partial charge on any atom is 0.417 e. The molecule has 1 heterocycles. The Morgan fingerprint density at radius 2 is 2.00 bits per heavy atom. The van der Waals surface area contributed by atoms with Gasteiger partial charge in [0.05, 0.1) is 17.1 Å². The number of benzene rings is 1. The molecule has 1 aromatic heterocycles. The van der Waals surface area contributed by atoms with E-state index >= 15 is 0 Å². The Labute approximate surface area is 135 Å². The molecule has 0 unspecified atom stereocenters. The smallest absolute Gasteiger partial charge is 0.417 e. The maximum absolute atomic E-state index is 12.8. The topological polar surface area (TPSA) is 37.2 Å². The van der Waals surface area contributed by atoms with Gasteiger partial charge in [0.1, 0.15) is 11.5 Å². The fourth-order valence-electron chi connectivity index (χ4n) is 1.74. The second kappa shape index (κ2) is 6.58. The molecule has 3 nitrogen and oxygen atoms in total. The largest absolute Gasteiger partial charge is 0.465 e. The molecule has 0 amide bonds. The first-order valence-electron chi connectivity index (χ1n) is 6.22. The molecule has 22 heavy (non-hydrogen) atoms. The minimum absolute atomic E-state index is 0.185. The van der Waals surface area contributed by atoms with Crippen LogP contribution in [0.4, 0.5) is 18.9 Å². The number of alkyl halides is 3. The van der Waals surface area contributed by atoms with Gasteiger partial charge in [-0.3, -0.25) is 0 Å². The van der Waals surface area contributed by atoms with Crippen molar-refractivity contribution in [3.63, 3.8) is 0 Å². The highest BCUT2D eigenvalue weighted by Gasteiger charge is 2.33. The Balaban J connectivity index is 1.99. The number of nitrogens with one attached hydrogen (secondary N) is 2. The van der Waals surface area contributed by atoms with E-state index in [1.165, 1.54) is 12.1 Å². The fourth-order valence-corrected chi connectivity index (χ4v) is 2.16. The second-order valence-corrected chi connectivity index (χ2v) is 5.33. The molecule has 0 aliphatic rings. The molecule has 1 aromatic carbocycles. The summed E-state index contributed by atoms with van der Waals surface area (Å²) in [5, 5.41) is 5.35. The van der Waals surface area contributed by atoms with Gasteiger partial charge in [-0.2, -0.15) is 13.2 Å². The SMILES string of the molecule is Cc1ccc(CNC(=S)Nc2ccc(Cl)c(C(F)(F)F)c2)o1. The number of hydrogen-bond donors (Lipinski definition) is 2. The fraction of sp³-hybridized carbons (Fsp3) is 0.214. The van der Waals surface area contributed by atoms with Crippen molar-refractivity contribution in [3.05, 3.63) is 52.4 Å². The van der Waals surface area contributed by atoms with Crippen molar-refractivity contribution < 1.29 is 17.6 Å². The van der Waals surface area contributed by atoms with Crippen LogP contribution in [0.3, 0.4) is 0 Å². The van der Waals surface area contributed by atoms with Gasteiger partial charge in [0.2, 0.25) is 0 Å². The number of aryl methyl sites for hydroxylation is 1. The number of anilines is 1. The van der Waals surface area contributed by atoms with Gasteiger partial charge in [0.25, 0.3) is 0 Å². The maximum atomic E-state index is 12.8. The molecular weight excluding hydrogens is 337 g/mol. The lowest BCUT2D eigenvalue weighted by atomic mass is 10.2. The summed E-state index contributed by atoms with van der Waals surface area (Å²) in [5.41, 5.74) is -0.714. The van der Waals surface area contributed by atoms with Crippen LogP contribution in [0.5, 0.6) is 0 Å². The summed E-state index contributed by atoms with van der Waals surface area (Å²) in [6.45, 7) is 2.14. The van der Waals surface area contributed by atoms with Crippen molar-refractivity contribution in [2.45, 2.75) is 19.6 Å². The molecular formula is C14H12ClF3N2OS. The molecule has 0 saturated heterocycles. The molecule has 0 radical (unpaired) electrons. The molecule has 0 spiro atoms. The Morgan fingerprint density at radius 1 is 1.27 bits per heavy atom. The summed E-state index contributed by atoms with van der Waals surface area (Å²) in [5.74, 6) is 1.44. The number of rotatable bonds is 3. The van der Waals surface area contributed by atoms with Crippen molar-refractivity contribution in [3.8, 4) is 0 Å². The number of thiocarbonyl (C=S) groups is 1. The van der Waals surface area contributed by atoms with Crippen LogP contribution < -0.4 is 10.6 Å². The van der Waals surface area contributed by atoms with Gasteiger partial charge in [0.15, 0.2) is 5.11 Å². The van der Waals surface area contributed by atoms with Crippen LogP contribution in [0.15, 0.2) is 34.7 Å². The number of hydrogen-bond acceptors (Lipinski definition) is 2. The summed E-state index contributed by atoms with van der Waals surface area (Å²) in [6.07, 6.45) is -4.52. The van der Waals surface area contributed by atoms with Crippen molar-refractivity contribution in [2.75, 3.05) is 5.32 Å². The molecule has 0 atom stereocenters. The van der Waals surface area contributed by atoms with Crippen LogP contribution in [0, 0.1) is 6.92 Å². The standard InChI is InChI=1S/C14H12ClF3N2OS/c1-8-2-4-10(21-8)7-19-13(22)20-9-3-5-12(15)11(6-9)14(16,17)18/h2-6H,7H2,1H3,(H2,19,20,22). The molecule has 8 heteroatoms. The predicted octanol–water partition coefficient (Wildman–Crippen LogP) is 4.75. The van der Waals surface area contributed by atoms with Crippen molar-refractivity contribution in [1.29, 1.82) is 0 Å². The Hall–Kier alpha value is -1.73. The minimum Gasteiger partial charge on any atom is -0.465 e. The monoisotopic (exact) mass is 348 g/mol. The van der Waals surface area contributed by atoms with Gasteiger partial charge >= 0.3 is 6.18 Å². The summed E-state index contributed by atoms with van der Waals surface area (Å²) in [7, 11) is 0. The Bertz CT molecular complexity index is 685. The third-order valence-electron chi connectivity index (χ3n) is 2.75. The summed E-state index contributed by atoms with van der Waals surface area (Å²) in [6, 6.07) is 7.10. The molecule has 2 aromatic rings.